The SMILES string of the molecule is CC(C)(C(=O)NCCNc1ccc(S(C)(=O)=O)cc1[N+](=O)[O-])c1ccccc1. The van der Waals surface area contributed by atoms with Crippen molar-refractivity contribution < 1.29 is 18.1 Å². The number of nitrogens with zero attached hydrogens (tertiary/aromatic N) is 1. The summed E-state index contributed by atoms with van der Waals surface area (Å²) in [5.41, 5.74) is 0.0185. The van der Waals surface area contributed by atoms with Crippen LogP contribution in [0.5, 0.6) is 0 Å². The van der Waals surface area contributed by atoms with Crippen LogP contribution in [-0.4, -0.2) is 38.6 Å². The van der Waals surface area contributed by atoms with Crippen molar-refractivity contribution in [2.45, 2.75) is 24.2 Å². The van der Waals surface area contributed by atoms with E-state index in [1.54, 1.807) is 0 Å². The van der Waals surface area contributed by atoms with Crippen LogP contribution >= 0.6 is 0 Å². The molecule has 0 spiro atoms. The maximum absolute atomic E-state index is 12.5. The van der Waals surface area contributed by atoms with E-state index in [0.717, 1.165) is 17.9 Å². The lowest BCUT2D eigenvalue weighted by Gasteiger charge is -2.24. The van der Waals surface area contributed by atoms with Crippen LogP contribution in [0.2, 0.25) is 0 Å². The number of hydrogen-bond acceptors (Lipinski definition) is 6. The summed E-state index contributed by atoms with van der Waals surface area (Å²) in [6.45, 7) is 4.13. The Kier molecular flexibility index (Phi) is 6.40. The van der Waals surface area contributed by atoms with E-state index in [9.17, 15) is 23.3 Å². The van der Waals surface area contributed by atoms with Gasteiger partial charge in [0.25, 0.3) is 5.69 Å². The molecular formula is C19H23N3O5S. The summed E-state index contributed by atoms with van der Waals surface area (Å²) >= 11 is 0. The van der Waals surface area contributed by atoms with Gasteiger partial charge in [-0.2, -0.15) is 0 Å². The van der Waals surface area contributed by atoms with Gasteiger partial charge >= 0.3 is 0 Å². The third-order valence-electron chi connectivity index (χ3n) is 4.38. The molecule has 28 heavy (non-hydrogen) atoms. The summed E-state index contributed by atoms with van der Waals surface area (Å²) in [4.78, 5) is 23.0. The summed E-state index contributed by atoms with van der Waals surface area (Å²) < 4.78 is 23.1. The monoisotopic (exact) mass is 405 g/mol. The van der Waals surface area contributed by atoms with Crippen LogP contribution in [0, 0.1) is 10.1 Å². The van der Waals surface area contributed by atoms with E-state index in [1.807, 2.05) is 44.2 Å². The van der Waals surface area contributed by atoms with Crippen molar-refractivity contribution >= 4 is 27.1 Å². The first-order valence-corrected chi connectivity index (χ1v) is 10.5. The standard InChI is InChI=1S/C19H23N3O5S/c1-19(2,14-7-5-4-6-8-14)18(23)21-12-11-20-16-10-9-15(28(3,26)27)13-17(16)22(24)25/h4-10,13,20H,11-12H2,1-3H3,(H,21,23). The number of amides is 1. The second-order valence-corrected chi connectivity index (χ2v) is 8.90. The highest BCUT2D eigenvalue weighted by atomic mass is 32.2. The highest BCUT2D eigenvalue weighted by Crippen LogP contribution is 2.27. The fraction of sp³-hybridized carbons (Fsp3) is 0.316. The second kappa shape index (κ2) is 8.39. The quantitative estimate of drug-likeness (QED) is 0.396. The molecular weight excluding hydrogens is 382 g/mol. The van der Waals surface area contributed by atoms with Crippen molar-refractivity contribution in [1.82, 2.24) is 5.32 Å². The Bertz CT molecular complexity index is 972. The fourth-order valence-corrected chi connectivity index (χ4v) is 3.26. The van der Waals surface area contributed by atoms with Gasteiger partial charge in [-0.3, -0.25) is 14.9 Å². The van der Waals surface area contributed by atoms with Crippen molar-refractivity contribution in [2.75, 3.05) is 24.7 Å². The third kappa shape index (κ3) is 5.07. The minimum atomic E-state index is -3.54. The van der Waals surface area contributed by atoms with E-state index in [0.29, 0.717) is 0 Å². The van der Waals surface area contributed by atoms with Gasteiger partial charge in [-0.25, -0.2) is 8.42 Å². The Labute approximate surface area is 164 Å². The van der Waals surface area contributed by atoms with E-state index < -0.39 is 20.2 Å². The number of nitrogens with one attached hydrogen (secondary N) is 2. The number of benzene rings is 2. The van der Waals surface area contributed by atoms with E-state index in [2.05, 4.69) is 10.6 Å². The molecule has 0 aliphatic heterocycles. The summed E-state index contributed by atoms with van der Waals surface area (Å²) in [5.74, 6) is -0.164. The molecule has 0 saturated carbocycles. The molecule has 0 bridgehead atoms. The molecule has 9 heteroatoms. The third-order valence-corrected chi connectivity index (χ3v) is 5.49. The molecule has 0 fully saturated rings. The van der Waals surface area contributed by atoms with Crippen molar-refractivity contribution in [2.24, 2.45) is 0 Å². The summed E-state index contributed by atoms with van der Waals surface area (Å²) in [5, 5.41) is 16.9. The molecule has 2 rings (SSSR count). The van der Waals surface area contributed by atoms with Gasteiger partial charge in [0.1, 0.15) is 5.69 Å². The summed E-state index contributed by atoms with van der Waals surface area (Å²) in [7, 11) is -3.54. The first-order chi connectivity index (χ1) is 13.0. The molecule has 0 atom stereocenters. The van der Waals surface area contributed by atoms with Gasteiger partial charge in [-0.1, -0.05) is 30.3 Å². The van der Waals surface area contributed by atoms with E-state index >= 15 is 0 Å². The predicted octanol–water partition coefficient (Wildman–Crippen LogP) is 2.50. The van der Waals surface area contributed by atoms with E-state index in [-0.39, 0.29) is 35.3 Å². The summed E-state index contributed by atoms with van der Waals surface area (Å²) in [6.07, 6.45) is 0.989. The lowest BCUT2D eigenvalue weighted by atomic mass is 9.84. The first kappa shape index (κ1) is 21.4. The molecule has 1 amide bonds. The molecule has 0 radical (unpaired) electrons. The number of rotatable bonds is 8. The molecule has 0 heterocycles. The number of carbonyl (C=O) groups is 1. The topological polar surface area (TPSA) is 118 Å². The number of hydrogen-bond donors (Lipinski definition) is 2. The van der Waals surface area contributed by atoms with Crippen molar-refractivity contribution in [3.63, 3.8) is 0 Å². The van der Waals surface area contributed by atoms with Crippen LogP contribution in [0.15, 0.2) is 53.4 Å². The van der Waals surface area contributed by atoms with E-state index in [4.69, 9.17) is 0 Å². The largest absolute Gasteiger partial charge is 0.378 e. The zero-order valence-electron chi connectivity index (χ0n) is 15.9. The smallest absolute Gasteiger partial charge is 0.293 e. The highest BCUT2D eigenvalue weighted by molar-refractivity contribution is 7.90. The van der Waals surface area contributed by atoms with Crippen molar-refractivity contribution in [3.8, 4) is 0 Å². The maximum atomic E-state index is 12.5. The Balaban J connectivity index is 2.00. The average Bonchev–Trinajstić information content (AvgIpc) is 2.64. The number of anilines is 1. The van der Waals surface area contributed by atoms with Gasteiger partial charge in [-0.05, 0) is 31.5 Å². The molecule has 2 aromatic rings. The van der Waals surface area contributed by atoms with Gasteiger partial charge in [-0.15, -0.1) is 0 Å². The lowest BCUT2D eigenvalue weighted by molar-refractivity contribution is -0.384. The average molecular weight is 405 g/mol. The van der Waals surface area contributed by atoms with Gasteiger partial charge in [0, 0.05) is 25.4 Å². The van der Waals surface area contributed by atoms with Crippen LogP contribution in [-0.2, 0) is 20.0 Å². The molecule has 150 valence electrons. The van der Waals surface area contributed by atoms with Gasteiger partial charge in [0.2, 0.25) is 5.91 Å². The highest BCUT2D eigenvalue weighted by Gasteiger charge is 2.29. The van der Waals surface area contributed by atoms with Crippen LogP contribution in [0.4, 0.5) is 11.4 Å². The van der Waals surface area contributed by atoms with Crippen LogP contribution in [0.1, 0.15) is 19.4 Å². The van der Waals surface area contributed by atoms with Gasteiger partial charge in [0.05, 0.1) is 15.2 Å². The lowest BCUT2D eigenvalue weighted by Crippen LogP contribution is -2.41. The minimum absolute atomic E-state index is 0.123. The Morgan fingerprint density at radius 2 is 1.75 bits per heavy atom. The molecule has 0 aliphatic rings. The van der Waals surface area contributed by atoms with Gasteiger partial charge < -0.3 is 10.6 Å². The molecule has 0 unspecified atom stereocenters. The Morgan fingerprint density at radius 3 is 2.32 bits per heavy atom. The Hall–Kier alpha value is -2.94. The predicted molar refractivity (Wildman–Crippen MR) is 107 cm³/mol. The van der Waals surface area contributed by atoms with Crippen molar-refractivity contribution in [3.05, 3.63) is 64.2 Å². The number of sulfone groups is 1. The number of carbonyl (C=O) groups excluding carboxylic acids is 1. The Morgan fingerprint density at radius 1 is 1.11 bits per heavy atom. The molecule has 0 saturated heterocycles. The normalized spacial score (nSPS) is 11.7. The molecule has 8 nitrogen and oxygen atoms in total. The van der Waals surface area contributed by atoms with Gasteiger partial charge in [0.15, 0.2) is 9.84 Å². The molecule has 0 aromatic heterocycles. The zero-order valence-corrected chi connectivity index (χ0v) is 16.7. The van der Waals surface area contributed by atoms with Crippen LogP contribution in [0.25, 0.3) is 0 Å². The molecule has 0 aliphatic carbocycles. The molecule has 2 aromatic carbocycles. The first-order valence-electron chi connectivity index (χ1n) is 8.59. The number of nitro groups is 1. The maximum Gasteiger partial charge on any atom is 0.293 e. The summed E-state index contributed by atoms with van der Waals surface area (Å²) in [6, 6.07) is 13.1. The molecule has 2 N–H and O–H groups in total. The number of nitro benzene ring substituents is 1. The van der Waals surface area contributed by atoms with Crippen LogP contribution in [0.3, 0.4) is 0 Å². The van der Waals surface area contributed by atoms with Crippen molar-refractivity contribution in [1.29, 1.82) is 0 Å². The second-order valence-electron chi connectivity index (χ2n) is 6.88. The van der Waals surface area contributed by atoms with E-state index in [1.165, 1.54) is 12.1 Å². The van der Waals surface area contributed by atoms with Crippen LogP contribution < -0.4 is 10.6 Å². The minimum Gasteiger partial charge on any atom is -0.378 e. The zero-order chi connectivity index (χ0) is 20.9. The fourth-order valence-electron chi connectivity index (χ4n) is 2.62.